The Kier molecular flexibility index (Phi) is 3.93. The summed E-state index contributed by atoms with van der Waals surface area (Å²) in [4.78, 5) is 13.4. The molecule has 2 heterocycles. The molecule has 0 saturated carbocycles. The van der Waals surface area contributed by atoms with Gasteiger partial charge < -0.3 is 9.84 Å². The van der Waals surface area contributed by atoms with E-state index in [2.05, 4.69) is 53.8 Å². The van der Waals surface area contributed by atoms with Gasteiger partial charge in [0.1, 0.15) is 0 Å². The molecular weight excluding hydrogens is 348 g/mol. The number of allylic oxidation sites excluding steroid dienone is 2. The van der Waals surface area contributed by atoms with Gasteiger partial charge in [0, 0.05) is 23.6 Å². The number of hydrogen-bond donors (Lipinski definition) is 1. The number of hydrogen-bond acceptors (Lipinski definition) is 4. The first-order valence-corrected chi connectivity index (χ1v) is 9.72. The van der Waals surface area contributed by atoms with Crippen LogP contribution in [0, 0.1) is 13.8 Å². The minimum atomic E-state index is -0.123. The Morgan fingerprint density at radius 1 is 1.00 bits per heavy atom. The number of fused-ring (bicyclic) bond motifs is 1. The number of rotatable bonds is 2. The molecule has 2 atom stereocenters. The second kappa shape index (κ2) is 6.48. The summed E-state index contributed by atoms with van der Waals surface area (Å²) in [5.74, 6) is 0.940. The topological polar surface area (TPSA) is 55.1 Å². The maximum Gasteiger partial charge on any atom is 0.233 e. The van der Waals surface area contributed by atoms with Crippen LogP contribution in [0.1, 0.15) is 52.6 Å². The summed E-state index contributed by atoms with van der Waals surface area (Å²) in [6.07, 6.45) is 1.33. The molecule has 4 heteroatoms. The number of aryl methyl sites for hydroxylation is 2. The molecule has 1 N–H and O–H groups in total. The van der Waals surface area contributed by atoms with E-state index in [0.29, 0.717) is 12.3 Å². The smallest absolute Gasteiger partial charge is 0.233 e. The van der Waals surface area contributed by atoms with Crippen molar-refractivity contribution in [3.8, 4) is 0 Å². The van der Waals surface area contributed by atoms with Gasteiger partial charge in [-0.2, -0.15) is 0 Å². The Bertz CT molecular complexity index is 1090. The summed E-state index contributed by atoms with van der Waals surface area (Å²) in [7, 11) is 0. The average Bonchev–Trinajstić information content (AvgIpc) is 3.07. The fourth-order valence-corrected chi connectivity index (χ4v) is 4.62. The highest BCUT2D eigenvalue weighted by molar-refractivity contribution is 6.01. The first kappa shape index (κ1) is 17.0. The highest BCUT2D eigenvalue weighted by Crippen LogP contribution is 2.49. The van der Waals surface area contributed by atoms with Crippen molar-refractivity contribution in [2.45, 2.75) is 38.5 Å². The van der Waals surface area contributed by atoms with Crippen molar-refractivity contribution in [1.82, 2.24) is 5.16 Å². The van der Waals surface area contributed by atoms with E-state index in [0.717, 1.165) is 34.5 Å². The summed E-state index contributed by atoms with van der Waals surface area (Å²) >= 11 is 0. The van der Waals surface area contributed by atoms with Crippen molar-refractivity contribution in [2.24, 2.45) is 0 Å². The van der Waals surface area contributed by atoms with Crippen LogP contribution in [-0.4, -0.2) is 10.9 Å². The minimum Gasteiger partial charge on any atom is -0.338 e. The Morgan fingerprint density at radius 2 is 1.79 bits per heavy atom. The van der Waals surface area contributed by atoms with E-state index >= 15 is 0 Å². The lowest BCUT2D eigenvalue weighted by atomic mass is 9.72. The molecule has 0 radical (unpaired) electrons. The van der Waals surface area contributed by atoms with E-state index < -0.39 is 0 Å². The normalized spacial score (nSPS) is 21.1. The molecule has 3 aromatic rings. The zero-order valence-electron chi connectivity index (χ0n) is 16.0. The largest absolute Gasteiger partial charge is 0.338 e. The second-order valence-electron chi connectivity index (χ2n) is 7.81. The number of carbonyl (C=O) groups excluding carboxylic acids is 1. The van der Waals surface area contributed by atoms with Crippen LogP contribution in [0.15, 0.2) is 70.4 Å². The van der Waals surface area contributed by atoms with Crippen LogP contribution < -0.4 is 5.32 Å². The molecule has 2 aliphatic rings. The molecule has 0 fully saturated rings. The first-order chi connectivity index (χ1) is 13.6. The van der Waals surface area contributed by atoms with Gasteiger partial charge in [-0.15, -0.1) is 0 Å². The molecule has 0 spiro atoms. The van der Waals surface area contributed by atoms with E-state index in [4.69, 9.17) is 4.52 Å². The number of carbonyl (C=O) groups is 1. The van der Waals surface area contributed by atoms with Gasteiger partial charge in [0.05, 0.1) is 11.3 Å². The number of Topliss-reactive ketones (excluding diaryl/α,β-unsaturated/α-hetero) is 1. The molecule has 140 valence electrons. The molecular formula is C24H22N2O2. The monoisotopic (exact) mass is 370 g/mol. The van der Waals surface area contributed by atoms with Crippen LogP contribution >= 0.6 is 0 Å². The summed E-state index contributed by atoms with van der Waals surface area (Å²) in [6, 6.07) is 18.7. The fraction of sp³-hybridized carbons (Fsp3) is 0.250. The molecule has 1 aliphatic heterocycles. The maximum atomic E-state index is 13.4. The summed E-state index contributed by atoms with van der Waals surface area (Å²) in [6.45, 7) is 4.02. The van der Waals surface area contributed by atoms with Gasteiger partial charge in [-0.25, -0.2) is 0 Å². The van der Waals surface area contributed by atoms with Crippen molar-refractivity contribution in [3.63, 3.8) is 0 Å². The lowest BCUT2D eigenvalue weighted by molar-refractivity contribution is -0.116. The third kappa shape index (κ3) is 2.68. The van der Waals surface area contributed by atoms with Crippen molar-refractivity contribution >= 4 is 11.7 Å². The van der Waals surface area contributed by atoms with Gasteiger partial charge in [0.25, 0.3) is 0 Å². The Balaban J connectivity index is 1.64. The minimum absolute atomic E-state index is 0.123. The van der Waals surface area contributed by atoms with Gasteiger partial charge in [-0.3, -0.25) is 4.79 Å². The van der Waals surface area contributed by atoms with E-state index in [1.54, 1.807) is 0 Å². The number of benzene rings is 2. The van der Waals surface area contributed by atoms with Gasteiger partial charge in [0.2, 0.25) is 5.88 Å². The number of anilines is 1. The molecule has 5 rings (SSSR count). The molecule has 28 heavy (non-hydrogen) atoms. The van der Waals surface area contributed by atoms with Crippen LogP contribution in [0.4, 0.5) is 5.88 Å². The molecule has 0 amide bonds. The third-order valence-corrected chi connectivity index (χ3v) is 5.90. The van der Waals surface area contributed by atoms with Crippen molar-refractivity contribution < 1.29 is 9.32 Å². The van der Waals surface area contributed by atoms with Crippen LogP contribution in [0.25, 0.3) is 0 Å². The SMILES string of the molecule is Cc1cccc([C@@H]2C3=C(C[C@@H](c4ccccc4)CC3=O)Nc3onc(C)c32)c1. The second-order valence-corrected chi connectivity index (χ2v) is 7.81. The number of aromatic nitrogens is 1. The van der Waals surface area contributed by atoms with E-state index in [-0.39, 0.29) is 17.6 Å². The van der Waals surface area contributed by atoms with Crippen LogP contribution in [-0.2, 0) is 4.79 Å². The molecule has 2 aromatic carbocycles. The predicted octanol–water partition coefficient (Wildman–Crippen LogP) is 5.25. The van der Waals surface area contributed by atoms with E-state index in [1.807, 2.05) is 25.1 Å². The maximum absolute atomic E-state index is 13.4. The van der Waals surface area contributed by atoms with Crippen LogP contribution in [0.3, 0.4) is 0 Å². The van der Waals surface area contributed by atoms with E-state index in [1.165, 1.54) is 11.1 Å². The van der Waals surface area contributed by atoms with Gasteiger partial charge >= 0.3 is 0 Å². The van der Waals surface area contributed by atoms with Crippen molar-refractivity contribution in [2.75, 3.05) is 5.32 Å². The van der Waals surface area contributed by atoms with Crippen LogP contribution in [0.2, 0.25) is 0 Å². The molecule has 0 saturated heterocycles. The third-order valence-electron chi connectivity index (χ3n) is 5.90. The zero-order valence-corrected chi connectivity index (χ0v) is 16.0. The Labute approximate surface area is 164 Å². The van der Waals surface area contributed by atoms with Crippen LogP contribution in [0.5, 0.6) is 0 Å². The highest BCUT2D eigenvalue weighted by Gasteiger charge is 2.41. The Morgan fingerprint density at radius 3 is 2.57 bits per heavy atom. The lowest BCUT2D eigenvalue weighted by Crippen LogP contribution is -2.29. The van der Waals surface area contributed by atoms with Gasteiger partial charge in [-0.1, -0.05) is 65.3 Å². The molecule has 0 unspecified atom stereocenters. The number of nitrogens with one attached hydrogen (secondary N) is 1. The molecule has 1 aliphatic carbocycles. The van der Waals surface area contributed by atoms with Gasteiger partial charge in [0.15, 0.2) is 5.78 Å². The standard InChI is InChI=1S/C24H22N2O2/c1-14-7-6-10-17(11-14)22-21-15(2)26-28-24(21)25-19-12-18(13-20(27)23(19)22)16-8-4-3-5-9-16/h3-11,18,22,25H,12-13H2,1-2H3/t18-,22+/m1/s1. The zero-order chi connectivity index (χ0) is 19.3. The summed E-state index contributed by atoms with van der Waals surface area (Å²) in [5.41, 5.74) is 7.16. The lowest BCUT2D eigenvalue weighted by Gasteiger charge is -2.34. The molecule has 0 bridgehead atoms. The number of nitrogens with zero attached hydrogens (tertiary/aromatic N) is 1. The quantitative estimate of drug-likeness (QED) is 0.669. The highest BCUT2D eigenvalue weighted by atomic mass is 16.5. The fourth-order valence-electron chi connectivity index (χ4n) is 4.62. The van der Waals surface area contributed by atoms with Gasteiger partial charge in [-0.05, 0) is 37.3 Å². The first-order valence-electron chi connectivity index (χ1n) is 9.72. The van der Waals surface area contributed by atoms with E-state index in [9.17, 15) is 4.79 Å². The molecule has 1 aromatic heterocycles. The summed E-state index contributed by atoms with van der Waals surface area (Å²) in [5, 5.41) is 7.57. The summed E-state index contributed by atoms with van der Waals surface area (Å²) < 4.78 is 5.59. The van der Waals surface area contributed by atoms with Crippen molar-refractivity contribution in [1.29, 1.82) is 0 Å². The number of ketones is 1. The average molecular weight is 370 g/mol. The van der Waals surface area contributed by atoms with Crippen molar-refractivity contribution in [3.05, 3.63) is 93.8 Å². The molecule has 4 nitrogen and oxygen atoms in total. The Hall–Kier alpha value is -3.14. The predicted molar refractivity (Wildman–Crippen MR) is 108 cm³/mol.